The van der Waals surface area contributed by atoms with Gasteiger partial charge in [-0.25, -0.2) is 8.42 Å². The number of carbonyl (C=O) groups excluding carboxylic acids is 1. The van der Waals surface area contributed by atoms with E-state index in [1.807, 2.05) is 7.05 Å². The highest BCUT2D eigenvalue weighted by Gasteiger charge is 2.28. The number of nitrogens with one attached hydrogen (secondary N) is 1. The second-order valence-electron chi connectivity index (χ2n) is 6.95. The molecule has 1 amide bonds. The molecule has 150 valence electrons. The van der Waals surface area contributed by atoms with Crippen LogP contribution >= 0.6 is 11.6 Å². The molecule has 1 heterocycles. The Morgan fingerprint density at radius 3 is 2.32 bits per heavy atom. The highest BCUT2D eigenvalue weighted by atomic mass is 35.5. The second kappa shape index (κ2) is 8.94. The van der Waals surface area contributed by atoms with E-state index in [2.05, 4.69) is 10.2 Å². The van der Waals surface area contributed by atoms with Crippen LogP contribution in [0.25, 0.3) is 0 Å². The van der Waals surface area contributed by atoms with Crippen molar-refractivity contribution >= 4 is 33.2 Å². The number of likely N-dealkylation sites (tertiary alicyclic amines) is 1. The van der Waals surface area contributed by atoms with Gasteiger partial charge >= 0.3 is 0 Å². The molecular formula is C20H24ClN3O3S. The molecule has 8 heteroatoms. The number of rotatable bonds is 6. The van der Waals surface area contributed by atoms with Gasteiger partial charge in [0.2, 0.25) is 5.91 Å². The van der Waals surface area contributed by atoms with E-state index in [0.717, 1.165) is 30.2 Å². The van der Waals surface area contributed by atoms with Gasteiger partial charge in [0, 0.05) is 11.1 Å². The van der Waals surface area contributed by atoms with Gasteiger partial charge in [0.15, 0.2) is 0 Å². The van der Waals surface area contributed by atoms with Crippen molar-refractivity contribution in [3.63, 3.8) is 0 Å². The zero-order valence-corrected chi connectivity index (χ0v) is 17.3. The highest BCUT2D eigenvalue weighted by molar-refractivity contribution is 7.92. The van der Waals surface area contributed by atoms with E-state index in [1.54, 1.807) is 30.3 Å². The second-order valence-corrected chi connectivity index (χ2v) is 9.24. The molecule has 1 aliphatic rings. The van der Waals surface area contributed by atoms with Crippen molar-refractivity contribution in [3.05, 3.63) is 59.6 Å². The number of piperidine rings is 1. The van der Waals surface area contributed by atoms with Crippen LogP contribution in [0.4, 0.5) is 5.69 Å². The maximum atomic E-state index is 13.2. The molecule has 1 aliphatic heterocycles. The first-order valence-corrected chi connectivity index (χ1v) is 11.0. The van der Waals surface area contributed by atoms with Gasteiger partial charge in [-0.2, -0.15) is 0 Å². The Kier molecular flexibility index (Phi) is 6.59. The summed E-state index contributed by atoms with van der Waals surface area (Å²) in [4.78, 5) is 15.0. The van der Waals surface area contributed by atoms with E-state index in [4.69, 9.17) is 11.6 Å². The van der Waals surface area contributed by atoms with Crippen molar-refractivity contribution < 1.29 is 13.2 Å². The van der Waals surface area contributed by atoms with Crippen LogP contribution in [0.1, 0.15) is 12.8 Å². The van der Waals surface area contributed by atoms with E-state index < -0.39 is 10.0 Å². The fraction of sp³-hybridized carbons (Fsp3) is 0.350. The molecule has 3 rings (SSSR count). The average Bonchev–Trinajstić information content (AvgIpc) is 2.69. The number of sulfonamides is 1. The topological polar surface area (TPSA) is 69.7 Å². The molecule has 2 aromatic rings. The van der Waals surface area contributed by atoms with Crippen LogP contribution in [0.2, 0.25) is 5.02 Å². The third kappa shape index (κ3) is 5.04. The van der Waals surface area contributed by atoms with E-state index in [0.29, 0.717) is 10.7 Å². The molecule has 0 spiro atoms. The maximum Gasteiger partial charge on any atom is 0.264 e. The van der Waals surface area contributed by atoms with Crippen LogP contribution in [0.3, 0.4) is 0 Å². The largest absolute Gasteiger partial charge is 0.352 e. The minimum atomic E-state index is -3.91. The Bertz CT molecular complexity index is 896. The Hall–Kier alpha value is -2.09. The van der Waals surface area contributed by atoms with Crippen molar-refractivity contribution in [2.45, 2.75) is 23.8 Å². The normalized spacial score (nSPS) is 15.9. The number of para-hydroxylation sites is 1. The number of hydrogen-bond donors (Lipinski definition) is 1. The molecule has 6 nitrogen and oxygen atoms in total. The Labute approximate surface area is 171 Å². The lowest BCUT2D eigenvalue weighted by Crippen LogP contribution is -2.47. The number of anilines is 1. The SMILES string of the molecule is CN1CCC(NC(=O)CN(c2ccccc2)S(=O)(=O)c2ccc(Cl)cc2)CC1. The van der Waals surface area contributed by atoms with Gasteiger partial charge in [-0.15, -0.1) is 0 Å². The summed E-state index contributed by atoms with van der Waals surface area (Å²) in [7, 11) is -1.86. The van der Waals surface area contributed by atoms with Gasteiger partial charge in [-0.3, -0.25) is 9.10 Å². The van der Waals surface area contributed by atoms with E-state index in [1.165, 1.54) is 24.3 Å². The molecule has 2 aromatic carbocycles. The molecule has 0 aliphatic carbocycles. The number of halogens is 1. The zero-order chi connectivity index (χ0) is 20.1. The fourth-order valence-electron chi connectivity index (χ4n) is 3.20. The van der Waals surface area contributed by atoms with Crippen molar-refractivity contribution in [1.29, 1.82) is 0 Å². The van der Waals surface area contributed by atoms with Crippen LogP contribution in [-0.2, 0) is 14.8 Å². The Morgan fingerprint density at radius 2 is 1.71 bits per heavy atom. The third-order valence-electron chi connectivity index (χ3n) is 4.82. The van der Waals surface area contributed by atoms with Gasteiger partial charge in [-0.1, -0.05) is 29.8 Å². The summed E-state index contributed by atoms with van der Waals surface area (Å²) in [6.07, 6.45) is 1.72. The van der Waals surface area contributed by atoms with Crippen LogP contribution in [-0.4, -0.2) is 51.9 Å². The zero-order valence-electron chi connectivity index (χ0n) is 15.7. The van der Waals surface area contributed by atoms with Crippen molar-refractivity contribution in [3.8, 4) is 0 Å². The third-order valence-corrected chi connectivity index (χ3v) is 6.86. The van der Waals surface area contributed by atoms with Crippen LogP contribution in [0.5, 0.6) is 0 Å². The highest BCUT2D eigenvalue weighted by Crippen LogP contribution is 2.24. The number of amides is 1. The smallest absolute Gasteiger partial charge is 0.264 e. The summed E-state index contributed by atoms with van der Waals surface area (Å²) >= 11 is 5.89. The molecule has 1 saturated heterocycles. The quantitative estimate of drug-likeness (QED) is 0.778. The molecule has 0 atom stereocenters. The summed E-state index contributed by atoms with van der Waals surface area (Å²) in [5, 5.41) is 3.43. The average molecular weight is 422 g/mol. The lowest BCUT2D eigenvalue weighted by atomic mass is 10.1. The summed E-state index contributed by atoms with van der Waals surface area (Å²) in [6.45, 7) is 1.55. The van der Waals surface area contributed by atoms with Gasteiger partial charge in [0.25, 0.3) is 10.0 Å². The fourth-order valence-corrected chi connectivity index (χ4v) is 4.75. The number of benzene rings is 2. The van der Waals surface area contributed by atoms with E-state index in [9.17, 15) is 13.2 Å². The number of nitrogens with zero attached hydrogens (tertiary/aromatic N) is 2. The lowest BCUT2D eigenvalue weighted by molar-refractivity contribution is -0.120. The van der Waals surface area contributed by atoms with Gasteiger partial charge < -0.3 is 10.2 Å². The Morgan fingerprint density at radius 1 is 1.11 bits per heavy atom. The molecule has 1 N–H and O–H groups in total. The van der Waals surface area contributed by atoms with Gasteiger partial charge in [0.1, 0.15) is 6.54 Å². The molecule has 1 fully saturated rings. The standard InChI is InChI=1S/C20H24ClN3O3S/c1-23-13-11-17(12-14-23)22-20(25)15-24(18-5-3-2-4-6-18)28(26,27)19-9-7-16(21)8-10-19/h2-10,17H,11-15H2,1H3,(H,22,25). The lowest BCUT2D eigenvalue weighted by Gasteiger charge is -2.30. The van der Waals surface area contributed by atoms with Crippen molar-refractivity contribution in [1.82, 2.24) is 10.2 Å². The van der Waals surface area contributed by atoms with Crippen LogP contribution in [0.15, 0.2) is 59.5 Å². The van der Waals surface area contributed by atoms with Crippen LogP contribution < -0.4 is 9.62 Å². The van der Waals surface area contributed by atoms with Gasteiger partial charge in [0.05, 0.1) is 10.6 Å². The molecule has 0 radical (unpaired) electrons. The number of hydrogen-bond acceptors (Lipinski definition) is 4. The summed E-state index contributed by atoms with van der Waals surface area (Å²) in [5.41, 5.74) is 0.441. The minimum Gasteiger partial charge on any atom is -0.352 e. The predicted octanol–water partition coefficient (Wildman–Crippen LogP) is 2.75. The minimum absolute atomic E-state index is 0.0690. The maximum absolute atomic E-state index is 13.2. The van der Waals surface area contributed by atoms with E-state index >= 15 is 0 Å². The summed E-state index contributed by atoms with van der Waals surface area (Å²) < 4.78 is 27.6. The predicted molar refractivity (Wildman–Crippen MR) is 111 cm³/mol. The number of carbonyl (C=O) groups is 1. The molecule has 0 bridgehead atoms. The monoisotopic (exact) mass is 421 g/mol. The molecule has 28 heavy (non-hydrogen) atoms. The molecular weight excluding hydrogens is 398 g/mol. The Balaban J connectivity index is 1.81. The van der Waals surface area contributed by atoms with Crippen molar-refractivity contribution in [2.75, 3.05) is 31.0 Å². The first-order chi connectivity index (χ1) is 13.4. The van der Waals surface area contributed by atoms with Crippen molar-refractivity contribution in [2.24, 2.45) is 0 Å². The van der Waals surface area contributed by atoms with Gasteiger partial charge in [-0.05, 0) is 69.4 Å². The van der Waals surface area contributed by atoms with E-state index in [-0.39, 0.29) is 23.4 Å². The molecule has 0 unspecified atom stereocenters. The summed E-state index contributed by atoms with van der Waals surface area (Å²) in [6, 6.07) is 14.7. The first-order valence-electron chi connectivity index (χ1n) is 9.17. The molecule has 0 saturated carbocycles. The first kappa shape index (κ1) is 20.6. The molecule has 0 aromatic heterocycles. The van der Waals surface area contributed by atoms with Crippen LogP contribution in [0, 0.1) is 0 Å². The summed E-state index contributed by atoms with van der Waals surface area (Å²) in [5.74, 6) is -0.309.